The second-order valence-corrected chi connectivity index (χ2v) is 18.1. The van der Waals surface area contributed by atoms with Crippen LogP contribution in [0, 0.1) is 34.5 Å². The molecular weight excluding hydrogens is 729 g/mol. The van der Waals surface area contributed by atoms with Gasteiger partial charge in [-0.2, -0.15) is 0 Å². The van der Waals surface area contributed by atoms with E-state index in [4.69, 9.17) is 9.84 Å². The molecule has 0 spiro atoms. The van der Waals surface area contributed by atoms with E-state index in [9.17, 15) is 14.7 Å². The third-order valence-corrected chi connectivity index (χ3v) is 12.3. The van der Waals surface area contributed by atoms with E-state index >= 15 is 0 Å². The SMILES string of the molecule is C=C1CC[C@H](C/C=C(\C)CO)C(C)(C)[C@@H]1/C=C/C(C)=C/C=C/C(C)=C/C=C/C=C(C)/C=C/C=C(C)/C=C/[C@@H]1C(=C)CC[C@H](C/C=C(\C)COC(=O)CCC(=O)O)C1(C)C. The second-order valence-electron chi connectivity index (χ2n) is 18.1. The van der Waals surface area contributed by atoms with Crippen LogP contribution in [0.1, 0.15) is 121 Å². The van der Waals surface area contributed by atoms with Crippen molar-refractivity contribution in [2.45, 2.75) is 121 Å². The molecule has 322 valence electrons. The van der Waals surface area contributed by atoms with Gasteiger partial charge >= 0.3 is 11.9 Å². The molecule has 0 aliphatic heterocycles. The highest BCUT2D eigenvalue weighted by atomic mass is 16.5. The maximum atomic E-state index is 11.8. The van der Waals surface area contributed by atoms with Gasteiger partial charge in [0, 0.05) is 11.8 Å². The zero-order chi connectivity index (χ0) is 44.2. The number of aliphatic hydroxyl groups excluding tert-OH is 1. The van der Waals surface area contributed by atoms with E-state index in [2.05, 4.69) is 166 Å². The minimum absolute atomic E-state index is 0.0187. The number of allylic oxidation sites excluding steroid dienone is 22. The summed E-state index contributed by atoms with van der Waals surface area (Å²) in [6, 6.07) is 0. The molecule has 5 nitrogen and oxygen atoms in total. The number of hydrogen-bond acceptors (Lipinski definition) is 4. The van der Waals surface area contributed by atoms with Gasteiger partial charge in [-0.05, 0) is 108 Å². The number of carbonyl (C=O) groups excluding carboxylic acids is 1. The van der Waals surface area contributed by atoms with E-state index in [1.54, 1.807) is 0 Å². The molecule has 0 aromatic carbocycles. The van der Waals surface area contributed by atoms with Crippen LogP contribution in [0.15, 0.2) is 155 Å². The van der Waals surface area contributed by atoms with Gasteiger partial charge in [0.05, 0.1) is 19.4 Å². The quantitative estimate of drug-likeness (QED) is 0.0727. The molecule has 0 amide bonds. The summed E-state index contributed by atoms with van der Waals surface area (Å²) in [6.45, 7) is 31.0. The molecule has 2 rings (SSSR count). The third-order valence-electron chi connectivity index (χ3n) is 12.3. The molecule has 0 aromatic rings. The predicted octanol–water partition coefficient (Wildman–Crippen LogP) is 13.8. The first-order chi connectivity index (χ1) is 27.8. The molecule has 0 saturated heterocycles. The summed E-state index contributed by atoms with van der Waals surface area (Å²) in [4.78, 5) is 22.5. The molecular formula is C54H76O5. The molecule has 0 heterocycles. The summed E-state index contributed by atoms with van der Waals surface area (Å²) in [5.74, 6) is 0.139. The van der Waals surface area contributed by atoms with E-state index in [1.165, 1.54) is 27.9 Å². The normalized spacial score (nSPS) is 24.1. The van der Waals surface area contributed by atoms with Crippen LogP contribution in [0.25, 0.3) is 0 Å². The Labute approximate surface area is 358 Å². The van der Waals surface area contributed by atoms with Gasteiger partial charge in [0.2, 0.25) is 0 Å². The molecule has 2 fully saturated rings. The standard InChI is InChI=1S/C54H76O5/c1-39(19-15-21-41(3)25-33-49-45(7)27-31-47(53(49,9)10)29-23-43(5)37-55)17-13-14-18-40(2)20-16-22-42(4)26-34-50-46(8)28-32-48(54(50,11)12)30-24-44(6)38-59-52(58)36-35-51(56)57/h13-26,33-34,47-50,55H,7-8,27-32,35-38H2,1-6,9-12H3,(H,56,57)/b14-13+,19-15+,20-16+,33-25+,34-26+,39-17+,40-18+,41-21+,42-22+,43-23+,44-24+/t47-,48-,49+,50+/m0/s1. The Hall–Kier alpha value is -4.48. The number of rotatable bonds is 20. The summed E-state index contributed by atoms with van der Waals surface area (Å²) >= 11 is 0. The van der Waals surface area contributed by atoms with E-state index in [0.717, 1.165) is 55.2 Å². The molecule has 0 bridgehead atoms. The van der Waals surface area contributed by atoms with Crippen LogP contribution in [-0.2, 0) is 14.3 Å². The molecule has 0 radical (unpaired) electrons. The number of esters is 1. The van der Waals surface area contributed by atoms with Crippen molar-refractivity contribution in [3.05, 3.63) is 155 Å². The second kappa shape index (κ2) is 25.2. The highest BCUT2D eigenvalue weighted by Gasteiger charge is 2.41. The topological polar surface area (TPSA) is 83.8 Å². The Kier molecular flexibility index (Phi) is 21.6. The summed E-state index contributed by atoms with van der Waals surface area (Å²) in [5.41, 5.74) is 9.46. The maximum absolute atomic E-state index is 11.8. The number of ether oxygens (including phenoxy) is 1. The van der Waals surface area contributed by atoms with Gasteiger partial charge in [0.1, 0.15) is 6.61 Å². The van der Waals surface area contributed by atoms with Crippen LogP contribution in [-0.4, -0.2) is 35.4 Å². The van der Waals surface area contributed by atoms with E-state index in [-0.39, 0.29) is 42.8 Å². The smallest absolute Gasteiger partial charge is 0.306 e. The van der Waals surface area contributed by atoms with E-state index in [1.807, 2.05) is 13.8 Å². The average molecular weight is 805 g/mol. The Bertz CT molecular complexity index is 1800. The van der Waals surface area contributed by atoms with Crippen molar-refractivity contribution in [3.8, 4) is 0 Å². The Morgan fingerprint density at radius 3 is 1.47 bits per heavy atom. The van der Waals surface area contributed by atoms with Crippen LogP contribution in [0.2, 0.25) is 0 Å². The van der Waals surface area contributed by atoms with Gasteiger partial charge in [-0.25, -0.2) is 0 Å². The summed E-state index contributed by atoms with van der Waals surface area (Å²) in [5, 5.41) is 18.2. The monoisotopic (exact) mass is 805 g/mol. The summed E-state index contributed by atoms with van der Waals surface area (Å²) in [6.07, 6.45) is 40.4. The lowest BCUT2D eigenvalue weighted by Crippen LogP contribution is -2.36. The number of aliphatic carboxylic acids is 1. The first-order valence-corrected chi connectivity index (χ1v) is 21.5. The van der Waals surface area contributed by atoms with Gasteiger partial charge < -0.3 is 14.9 Å². The lowest BCUT2D eigenvalue weighted by atomic mass is 9.59. The van der Waals surface area contributed by atoms with Gasteiger partial charge in [0.25, 0.3) is 0 Å². The van der Waals surface area contributed by atoms with Crippen molar-refractivity contribution in [2.75, 3.05) is 13.2 Å². The third kappa shape index (κ3) is 18.1. The first-order valence-electron chi connectivity index (χ1n) is 21.5. The highest BCUT2D eigenvalue weighted by molar-refractivity contribution is 5.76. The molecule has 5 heteroatoms. The molecule has 2 N–H and O–H groups in total. The molecule has 2 aliphatic carbocycles. The van der Waals surface area contributed by atoms with E-state index < -0.39 is 11.9 Å². The molecule has 0 aromatic heterocycles. The van der Waals surface area contributed by atoms with Crippen molar-refractivity contribution in [3.63, 3.8) is 0 Å². The van der Waals surface area contributed by atoms with Crippen LogP contribution in [0.5, 0.6) is 0 Å². The first kappa shape index (κ1) is 50.7. The van der Waals surface area contributed by atoms with Crippen molar-refractivity contribution in [2.24, 2.45) is 34.5 Å². The van der Waals surface area contributed by atoms with E-state index in [0.29, 0.717) is 17.8 Å². The maximum Gasteiger partial charge on any atom is 0.306 e. The van der Waals surface area contributed by atoms with Gasteiger partial charge in [-0.3, -0.25) is 9.59 Å². The van der Waals surface area contributed by atoms with Gasteiger partial charge in [0.15, 0.2) is 0 Å². The van der Waals surface area contributed by atoms with Crippen molar-refractivity contribution < 1.29 is 24.5 Å². The highest BCUT2D eigenvalue weighted by Crippen LogP contribution is 2.50. The molecule has 2 aliphatic rings. The Morgan fingerprint density at radius 1 is 0.644 bits per heavy atom. The lowest BCUT2D eigenvalue weighted by molar-refractivity contribution is -0.147. The number of aliphatic hydroxyl groups is 1. The van der Waals surface area contributed by atoms with Gasteiger partial charge in [-0.1, -0.05) is 177 Å². The molecule has 4 atom stereocenters. The number of carboxylic acids is 1. The fourth-order valence-electron chi connectivity index (χ4n) is 8.07. The predicted molar refractivity (Wildman–Crippen MR) is 251 cm³/mol. The van der Waals surface area contributed by atoms with Crippen molar-refractivity contribution >= 4 is 11.9 Å². The van der Waals surface area contributed by atoms with Crippen LogP contribution < -0.4 is 0 Å². The largest absolute Gasteiger partial charge is 0.481 e. The van der Waals surface area contributed by atoms with Crippen molar-refractivity contribution in [1.82, 2.24) is 0 Å². The van der Waals surface area contributed by atoms with Crippen LogP contribution in [0.4, 0.5) is 0 Å². The number of carboxylic acid groups (broad SMARTS) is 1. The summed E-state index contributed by atoms with van der Waals surface area (Å²) in [7, 11) is 0. The molecule has 0 unspecified atom stereocenters. The summed E-state index contributed by atoms with van der Waals surface area (Å²) < 4.78 is 5.25. The Balaban J connectivity index is 1.92. The van der Waals surface area contributed by atoms with Crippen molar-refractivity contribution in [1.29, 1.82) is 0 Å². The Morgan fingerprint density at radius 2 is 1.05 bits per heavy atom. The minimum atomic E-state index is -0.999. The zero-order valence-electron chi connectivity index (χ0n) is 38.2. The fraction of sp³-hybridized carbons (Fsp3) is 0.481. The fourth-order valence-corrected chi connectivity index (χ4v) is 8.07. The minimum Gasteiger partial charge on any atom is -0.481 e. The van der Waals surface area contributed by atoms with Gasteiger partial charge in [-0.15, -0.1) is 0 Å². The number of carbonyl (C=O) groups is 2. The van der Waals surface area contributed by atoms with Crippen LogP contribution in [0.3, 0.4) is 0 Å². The zero-order valence-corrected chi connectivity index (χ0v) is 38.2. The average Bonchev–Trinajstić information content (AvgIpc) is 3.16. The molecule has 59 heavy (non-hydrogen) atoms. The lowest BCUT2D eigenvalue weighted by Gasteiger charge is -2.45. The number of hydrogen-bond donors (Lipinski definition) is 2. The van der Waals surface area contributed by atoms with Crippen LogP contribution >= 0.6 is 0 Å². The molecule has 2 saturated carbocycles.